The second-order valence-corrected chi connectivity index (χ2v) is 7.59. The van der Waals surface area contributed by atoms with Gasteiger partial charge in [-0.3, -0.25) is 9.59 Å². The Morgan fingerprint density at radius 1 is 1.17 bits per heavy atom. The molecule has 0 aliphatic rings. The average Bonchev–Trinajstić information content (AvgIpc) is 2.83. The number of Topliss-reactive ketones (excluding diaryl/α,β-unsaturated/α-hetero) is 1. The van der Waals surface area contributed by atoms with E-state index in [4.69, 9.17) is 9.84 Å². The summed E-state index contributed by atoms with van der Waals surface area (Å²) >= 11 is 1.46. The molecular formula is C18H22O4S. The molecule has 0 atom stereocenters. The van der Waals surface area contributed by atoms with Crippen molar-refractivity contribution in [3.8, 4) is 5.75 Å². The number of rotatable bonds is 7. The van der Waals surface area contributed by atoms with Crippen LogP contribution >= 0.6 is 11.3 Å². The maximum Gasteiger partial charge on any atom is 0.303 e. The first-order chi connectivity index (χ1) is 10.8. The van der Waals surface area contributed by atoms with Crippen molar-refractivity contribution >= 4 is 33.2 Å². The first-order valence-electron chi connectivity index (χ1n) is 7.71. The van der Waals surface area contributed by atoms with Crippen molar-refractivity contribution in [2.75, 3.05) is 6.61 Å². The van der Waals surface area contributed by atoms with Gasteiger partial charge in [0.05, 0.1) is 6.61 Å². The zero-order valence-corrected chi connectivity index (χ0v) is 14.5. The molecule has 0 amide bonds. The molecule has 0 fully saturated rings. The Bertz CT molecular complexity index is 709. The van der Waals surface area contributed by atoms with Crippen LogP contribution in [-0.2, 0) is 4.79 Å². The molecular weight excluding hydrogens is 312 g/mol. The van der Waals surface area contributed by atoms with Crippen LogP contribution in [0.4, 0.5) is 0 Å². The number of hydrogen-bond acceptors (Lipinski definition) is 4. The maximum absolute atomic E-state index is 12.7. The number of ether oxygens (including phenoxy) is 1. The largest absolute Gasteiger partial charge is 0.491 e. The number of carboxylic acids is 1. The van der Waals surface area contributed by atoms with Crippen molar-refractivity contribution in [2.45, 2.75) is 40.0 Å². The summed E-state index contributed by atoms with van der Waals surface area (Å²) in [6.45, 7) is 6.11. The summed E-state index contributed by atoms with van der Waals surface area (Å²) in [6, 6.07) is 7.81. The summed E-state index contributed by atoms with van der Waals surface area (Å²) < 4.78 is 6.91. The number of fused-ring (bicyclic) bond motifs is 1. The zero-order valence-electron chi connectivity index (χ0n) is 13.7. The Morgan fingerprint density at radius 2 is 1.87 bits per heavy atom. The Kier molecular flexibility index (Phi) is 5.42. The fourth-order valence-corrected chi connectivity index (χ4v) is 3.51. The number of carbonyl (C=O) groups excluding carboxylic acids is 1. The summed E-state index contributed by atoms with van der Waals surface area (Å²) in [4.78, 5) is 23.9. The van der Waals surface area contributed by atoms with E-state index in [1.165, 1.54) is 11.3 Å². The Labute approximate surface area is 140 Å². The number of benzene rings is 1. The van der Waals surface area contributed by atoms with E-state index in [-0.39, 0.29) is 12.2 Å². The van der Waals surface area contributed by atoms with E-state index >= 15 is 0 Å². The van der Waals surface area contributed by atoms with Gasteiger partial charge >= 0.3 is 5.97 Å². The molecule has 1 aromatic heterocycles. The molecule has 1 N–H and O–H groups in total. The highest BCUT2D eigenvalue weighted by Crippen LogP contribution is 2.40. The van der Waals surface area contributed by atoms with Gasteiger partial charge in [-0.05, 0) is 25.0 Å². The van der Waals surface area contributed by atoms with Crippen molar-refractivity contribution in [3.05, 3.63) is 29.1 Å². The van der Waals surface area contributed by atoms with Gasteiger partial charge in [0.2, 0.25) is 0 Å². The average molecular weight is 334 g/mol. The lowest BCUT2D eigenvalue weighted by molar-refractivity contribution is -0.137. The van der Waals surface area contributed by atoms with Crippen molar-refractivity contribution in [1.82, 2.24) is 0 Å². The Hall–Kier alpha value is -1.88. The third-order valence-electron chi connectivity index (χ3n) is 3.47. The van der Waals surface area contributed by atoms with Crippen molar-refractivity contribution < 1.29 is 19.4 Å². The van der Waals surface area contributed by atoms with Crippen LogP contribution in [0.15, 0.2) is 24.3 Å². The van der Waals surface area contributed by atoms with Gasteiger partial charge in [-0.1, -0.05) is 32.9 Å². The van der Waals surface area contributed by atoms with Crippen LogP contribution in [0.2, 0.25) is 0 Å². The van der Waals surface area contributed by atoms with Gasteiger partial charge in [0.25, 0.3) is 0 Å². The maximum atomic E-state index is 12.7. The zero-order chi connectivity index (χ0) is 17.0. The normalized spacial score (nSPS) is 11.6. The molecule has 1 heterocycles. The van der Waals surface area contributed by atoms with E-state index in [0.29, 0.717) is 30.1 Å². The first-order valence-corrected chi connectivity index (χ1v) is 8.53. The van der Waals surface area contributed by atoms with Crippen LogP contribution in [-0.4, -0.2) is 23.5 Å². The van der Waals surface area contributed by atoms with Gasteiger partial charge < -0.3 is 9.84 Å². The molecule has 0 saturated carbocycles. The molecule has 2 rings (SSSR count). The van der Waals surface area contributed by atoms with E-state index < -0.39 is 11.4 Å². The third-order valence-corrected chi connectivity index (χ3v) is 4.62. The number of thiophene rings is 1. The van der Waals surface area contributed by atoms with E-state index in [9.17, 15) is 9.59 Å². The molecule has 124 valence electrons. The molecule has 1 aromatic carbocycles. The standard InChI is InChI=1S/C18H22O4S/c1-18(2,3)17(21)16-15(22-11-7-6-10-14(19)20)12-8-4-5-9-13(12)23-16/h4-5,8-9H,6-7,10-11H2,1-3H3,(H,19,20). The molecule has 4 nitrogen and oxygen atoms in total. The summed E-state index contributed by atoms with van der Waals surface area (Å²) in [5.41, 5.74) is -0.470. The molecule has 0 bridgehead atoms. The molecule has 5 heteroatoms. The minimum absolute atomic E-state index is 0.0687. The number of ketones is 1. The summed E-state index contributed by atoms with van der Waals surface area (Å²) in [5, 5.41) is 9.61. The molecule has 0 radical (unpaired) electrons. The van der Waals surface area contributed by atoms with Gasteiger partial charge in [0.15, 0.2) is 5.78 Å². The number of unbranched alkanes of at least 4 members (excludes halogenated alkanes) is 1. The second-order valence-electron chi connectivity index (χ2n) is 6.53. The summed E-state index contributed by atoms with van der Waals surface area (Å²) in [6.07, 6.45) is 1.36. The van der Waals surface area contributed by atoms with E-state index in [0.717, 1.165) is 10.1 Å². The van der Waals surface area contributed by atoms with Crippen LogP contribution in [0.1, 0.15) is 49.7 Å². The highest BCUT2D eigenvalue weighted by Gasteiger charge is 2.29. The quantitative estimate of drug-likeness (QED) is 0.585. The minimum atomic E-state index is -0.797. The third kappa shape index (κ3) is 4.32. The second kappa shape index (κ2) is 7.13. The molecule has 23 heavy (non-hydrogen) atoms. The van der Waals surface area contributed by atoms with Crippen LogP contribution < -0.4 is 4.74 Å². The molecule has 0 aliphatic carbocycles. The lowest BCUT2D eigenvalue weighted by atomic mass is 9.89. The highest BCUT2D eigenvalue weighted by atomic mass is 32.1. The summed E-state index contributed by atoms with van der Waals surface area (Å²) in [5.74, 6) is -0.0883. The van der Waals surface area contributed by atoms with Gasteiger partial charge in [0, 0.05) is 21.9 Å². The van der Waals surface area contributed by atoms with Crippen molar-refractivity contribution in [1.29, 1.82) is 0 Å². The lowest BCUT2D eigenvalue weighted by Gasteiger charge is -2.16. The van der Waals surface area contributed by atoms with Gasteiger partial charge in [-0.15, -0.1) is 11.3 Å². The highest BCUT2D eigenvalue weighted by molar-refractivity contribution is 7.21. The van der Waals surface area contributed by atoms with E-state index in [1.807, 2.05) is 45.0 Å². The van der Waals surface area contributed by atoms with Crippen LogP contribution in [0, 0.1) is 5.41 Å². The van der Waals surface area contributed by atoms with Crippen molar-refractivity contribution in [2.24, 2.45) is 5.41 Å². The van der Waals surface area contributed by atoms with Crippen LogP contribution in [0.5, 0.6) is 5.75 Å². The van der Waals surface area contributed by atoms with Gasteiger partial charge in [-0.2, -0.15) is 0 Å². The minimum Gasteiger partial charge on any atom is -0.491 e. The molecule has 0 spiro atoms. The molecule has 0 aliphatic heterocycles. The Balaban J connectivity index is 2.22. The predicted molar refractivity (Wildman–Crippen MR) is 92.6 cm³/mol. The SMILES string of the molecule is CC(C)(C)C(=O)c1sc2ccccc2c1OCCCCC(=O)O. The van der Waals surface area contributed by atoms with E-state index in [1.54, 1.807) is 0 Å². The van der Waals surface area contributed by atoms with Gasteiger partial charge in [-0.25, -0.2) is 0 Å². The van der Waals surface area contributed by atoms with Crippen LogP contribution in [0.25, 0.3) is 10.1 Å². The van der Waals surface area contributed by atoms with Crippen molar-refractivity contribution in [3.63, 3.8) is 0 Å². The number of carbonyl (C=O) groups is 2. The number of aliphatic carboxylic acids is 1. The smallest absolute Gasteiger partial charge is 0.303 e. The lowest BCUT2D eigenvalue weighted by Crippen LogP contribution is -2.19. The fourth-order valence-electron chi connectivity index (χ4n) is 2.21. The topological polar surface area (TPSA) is 63.6 Å². The number of hydrogen-bond donors (Lipinski definition) is 1. The van der Waals surface area contributed by atoms with Gasteiger partial charge in [0.1, 0.15) is 10.6 Å². The number of carboxylic acid groups (broad SMARTS) is 1. The molecule has 0 unspecified atom stereocenters. The van der Waals surface area contributed by atoms with Crippen LogP contribution in [0.3, 0.4) is 0 Å². The fraction of sp³-hybridized carbons (Fsp3) is 0.444. The Morgan fingerprint density at radius 3 is 2.52 bits per heavy atom. The van der Waals surface area contributed by atoms with E-state index in [2.05, 4.69) is 0 Å². The first kappa shape index (κ1) is 17.5. The summed E-state index contributed by atoms with van der Waals surface area (Å²) in [7, 11) is 0. The predicted octanol–water partition coefficient (Wildman–Crippen LogP) is 4.76. The molecule has 2 aromatic rings. The molecule has 0 saturated heterocycles. The monoisotopic (exact) mass is 334 g/mol.